The quantitative estimate of drug-likeness (QED) is 0.804. The molecule has 2 rings (SSSR count). The van der Waals surface area contributed by atoms with Crippen LogP contribution in [0, 0.1) is 0 Å². The number of phenols is 1. The fraction of sp³-hybridized carbons (Fsp3) is 0.455. The number of aromatic hydroxyl groups is 1. The summed E-state index contributed by atoms with van der Waals surface area (Å²) in [4.78, 5) is 2.32. The van der Waals surface area contributed by atoms with E-state index < -0.39 is 0 Å². The molecule has 3 nitrogen and oxygen atoms in total. The van der Waals surface area contributed by atoms with E-state index in [2.05, 4.69) is 4.90 Å². The molecule has 3 N–H and O–H groups in total. The summed E-state index contributed by atoms with van der Waals surface area (Å²) in [7, 11) is 0. The lowest BCUT2D eigenvalue weighted by Gasteiger charge is -2.14. The summed E-state index contributed by atoms with van der Waals surface area (Å²) in [6.07, 6.45) is 1.08. The van der Waals surface area contributed by atoms with Crippen LogP contribution in [0.2, 0.25) is 0 Å². The van der Waals surface area contributed by atoms with E-state index in [1.165, 1.54) is 0 Å². The van der Waals surface area contributed by atoms with Crippen LogP contribution in [0.4, 0.5) is 0 Å². The van der Waals surface area contributed by atoms with Crippen LogP contribution >= 0.6 is 12.4 Å². The van der Waals surface area contributed by atoms with E-state index in [-0.39, 0.29) is 12.4 Å². The van der Waals surface area contributed by atoms with Gasteiger partial charge in [0.05, 0.1) is 0 Å². The monoisotopic (exact) mass is 228 g/mol. The third kappa shape index (κ3) is 3.38. The third-order valence-electron chi connectivity index (χ3n) is 2.63. The first-order chi connectivity index (χ1) is 6.74. The van der Waals surface area contributed by atoms with Crippen molar-refractivity contribution in [1.82, 2.24) is 4.90 Å². The van der Waals surface area contributed by atoms with Crippen molar-refractivity contribution in [1.29, 1.82) is 0 Å². The van der Waals surface area contributed by atoms with Crippen molar-refractivity contribution in [2.75, 3.05) is 13.1 Å². The van der Waals surface area contributed by atoms with Gasteiger partial charge in [-0.3, -0.25) is 4.90 Å². The largest absolute Gasteiger partial charge is 0.508 e. The highest BCUT2D eigenvalue weighted by atomic mass is 35.5. The van der Waals surface area contributed by atoms with Gasteiger partial charge in [-0.25, -0.2) is 0 Å². The molecule has 1 saturated heterocycles. The van der Waals surface area contributed by atoms with E-state index in [1.54, 1.807) is 6.07 Å². The van der Waals surface area contributed by atoms with Gasteiger partial charge in [0.25, 0.3) is 0 Å². The number of phenolic OH excluding ortho intramolecular Hbond substituents is 1. The highest BCUT2D eigenvalue weighted by Gasteiger charge is 2.18. The van der Waals surface area contributed by atoms with Crippen LogP contribution in [0.1, 0.15) is 12.0 Å². The summed E-state index contributed by atoms with van der Waals surface area (Å²) in [5.74, 6) is 0.339. The van der Waals surface area contributed by atoms with Gasteiger partial charge in [0, 0.05) is 25.7 Å². The summed E-state index contributed by atoms with van der Waals surface area (Å²) >= 11 is 0. The van der Waals surface area contributed by atoms with Gasteiger partial charge in [-0.15, -0.1) is 12.4 Å². The minimum Gasteiger partial charge on any atom is -0.508 e. The molecular formula is C11H17ClN2O. The topological polar surface area (TPSA) is 49.5 Å². The van der Waals surface area contributed by atoms with Crippen molar-refractivity contribution in [3.63, 3.8) is 0 Å². The molecule has 1 aliphatic heterocycles. The zero-order valence-corrected chi connectivity index (χ0v) is 9.41. The van der Waals surface area contributed by atoms with E-state index in [1.807, 2.05) is 18.2 Å². The first-order valence-electron chi connectivity index (χ1n) is 5.00. The van der Waals surface area contributed by atoms with Crippen LogP contribution in [0.5, 0.6) is 5.75 Å². The lowest BCUT2D eigenvalue weighted by Crippen LogP contribution is -2.26. The van der Waals surface area contributed by atoms with Gasteiger partial charge in [-0.05, 0) is 24.1 Å². The number of likely N-dealkylation sites (tertiary alicyclic amines) is 1. The number of benzene rings is 1. The van der Waals surface area contributed by atoms with Gasteiger partial charge < -0.3 is 10.8 Å². The second kappa shape index (κ2) is 5.35. The highest BCUT2D eigenvalue weighted by Crippen LogP contribution is 2.15. The number of halogens is 1. The molecule has 4 heteroatoms. The summed E-state index contributed by atoms with van der Waals surface area (Å²) in [6.45, 7) is 2.93. The second-order valence-electron chi connectivity index (χ2n) is 3.95. The van der Waals surface area contributed by atoms with E-state index >= 15 is 0 Å². The predicted molar refractivity (Wildman–Crippen MR) is 63.2 cm³/mol. The molecule has 0 amide bonds. The Morgan fingerprint density at radius 2 is 2.27 bits per heavy atom. The lowest BCUT2D eigenvalue weighted by atomic mass is 10.2. The van der Waals surface area contributed by atoms with Crippen molar-refractivity contribution in [3.05, 3.63) is 29.8 Å². The van der Waals surface area contributed by atoms with Crippen LogP contribution in [0.25, 0.3) is 0 Å². The van der Waals surface area contributed by atoms with Crippen molar-refractivity contribution in [2.24, 2.45) is 5.73 Å². The third-order valence-corrected chi connectivity index (χ3v) is 2.63. The zero-order chi connectivity index (χ0) is 9.97. The van der Waals surface area contributed by atoms with Crippen molar-refractivity contribution in [3.8, 4) is 5.75 Å². The minimum absolute atomic E-state index is 0. The van der Waals surface area contributed by atoms with E-state index in [0.29, 0.717) is 11.8 Å². The van der Waals surface area contributed by atoms with Crippen LogP contribution in [-0.2, 0) is 6.54 Å². The molecule has 1 heterocycles. The summed E-state index contributed by atoms with van der Waals surface area (Å²) in [6, 6.07) is 7.74. The number of hydrogen-bond donors (Lipinski definition) is 2. The Labute approximate surface area is 96.3 Å². The van der Waals surface area contributed by atoms with Crippen molar-refractivity contribution in [2.45, 2.75) is 19.0 Å². The average molecular weight is 229 g/mol. The Bertz CT molecular complexity index is 319. The van der Waals surface area contributed by atoms with Crippen LogP contribution < -0.4 is 5.73 Å². The maximum absolute atomic E-state index is 9.30. The molecule has 84 valence electrons. The summed E-state index contributed by atoms with van der Waals surface area (Å²) < 4.78 is 0. The molecule has 0 spiro atoms. The predicted octanol–water partition coefficient (Wildman–Crippen LogP) is 1.35. The van der Waals surface area contributed by atoms with E-state index in [0.717, 1.165) is 31.6 Å². The van der Waals surface area contributed by atoms with Gasteiger partial charge in [-0.1, -0.05) is 12.1 Å². The Balaban J connectivity index is 0.00000112. The molecule has 0 unspecified atom stereocenters. The Morgan fingerprint density at radius 1 is 1.47 bits per heavy atom. The van der Waals surface area contributed by atoms with E-state index in [4.69, 9.17) is 5.73 Å². The maximum atomic E-state index is 9.30. The van der Waals surface area contributed by atoms with Crippen LogP contribution in [-0.4, -0.2) is 29.1 Å². The van der Waals surface area contributed by atoms with E-state index in [9.17, 15) is 5.11 Å². The van der Waals surface area contributed by atoms with Gasteiger partial charge in [-0.2, -0.15) is 0 Å². The number of nitrogens with two attached hydrogens (primary N) is 1. The maximum Gasteiger partial charge on any atom is 0.115 e. The molecule has 0 bridgehead atoms. The standard InChI is InChI=1S/C11H16N2O.ClH/c12-10-4-5-13(8-10)7-9-2-1-3-11(14)6-9;/h1-3,6,10,14H,4-5,7-8,12H2;1H/t10-;/m0./s1. The molecule has 1 aromatic carbocycles. The lowest BCUT2D eigenvalue weighted by molar-refractivity contribution is 0.326. The fourth-order valence-corrected chi connectivity index (χ4v) is 1.92. The average Bonchev–Trinajstić information content (AvgIpc) is 2.51. The van der Waals surface area contributed by atoms with Crippen LogP contribution in [0.3, 0.4) is 0 Å². The highest BCUT2D eigenvalue weighted by molar-refractivity contribution is 5.85. The molecular weight excluding hydrogens is 212 g/mol. The number of nitrogens with zero attached hydrogens (tertiary/aromatic N) is 1. The smallest absolute Gasteiger partial charge is 0.115 e. The molecule has 15 heavy (non-hydrogen) atoms. The SMILES string of the molecule is Cl.N[C@H]1CCN(Cc2cccc(O)c2)C1. The van der Waals surface area contributed by atoms with Gasteiger partial charge in [0.2, 0.25) is 0 Å². The molecule has 0 aromatic heterocycles. The van der Waals surface area contributed by atoms with Crippen molar-refractivity contribution >= 4 is 12.4 Å². The normalized spacial score (nSPS) is 21.3. The summed E-state index contributed by atoms with van der Waals surface area (Å²) in [5.41, 5.74) is 6.97. The first-order valence-corrected chi connectivity index (χ1v) is 5.00. The molecule has 1 atom stereocenters. The van der Waals surface area contributed by atoms with Gasteiger partial charge >= 0.3 is 0 Å². The number of rotatable bonds is 2. The second-order valence-corrected chi connectivity index (χ2v) is 3.95. The Morgan fingerprint density at radius 3 is 2.87 bits per heavy atom. The number of hydrogen-bond acceptors (Lipinski definition) is 3. The van der Waals surface area contributed by atoms with Gasteiger partial charge in [0.15, 0.2) is 0 Å². The fourth-order valence-electron chi connectivity index (χ4n) is 1.92. The van der Waals surface area contributed by atoms with Crippen LogP contribution in [0.15, 0.2) is 24.3 Å². The molecule has 1 aliphatic rings. The Hall–Kier alpha value is -0.770. The molecule has 1 fully saturated rings. The Kier molecular flexibility index (Phi) is 4.39. The summed E-state index contributed by atoms with van der Waals surface area (Å²) in [5, 5.41) is 9.30. The van der Waals surface area contributed by atoms with Crippen molar-refractivity contribution < 1.29 is 5.11 Å². The first kappa shape index (κ1) is 12.3. The molecule has 0 radical (unpaired) electrons. The molecule has 1 aromatic rings. The molecule has 0 saturated carbocycles. The molecule has 0 aliphatic carbocycles. The van der Waals surface area contributed by atoms with Gasteiger partial charge in [0.1, 0.15) is 5.75 Å². The zero-order valence-electron chi connectivity index (χ0n) is 8.60. The minimum atomic E-state index is 0.